The van der Waals surface area contributed by atoms with E-state index in [9.17, 15) is 19.1 Å². The van der Waals surface area contributed by atoms with Crippen LogP contribution in [0.15, 0.2) is 42.7 Å². The summed E-state index contributed by atoms with van der Waals surface area (Å²) >= 11 is 0.679. The number of fused-ring (bicyclic) bond motifs is 1. The first-order chi connectivity index (χ1) is 18.2. The number of aromatic nitrogens is 3. The fourth-order valence-electron chi connectivity index (χ4n) is 5.37. The van der Waals surface area contributed by atoms with Gasteiger partial charge in [-0.2, -0.15) is 4.39 Å². The quantitative estimate of drug-likeness (QED) is 0.285. The van der Waals surface area contributed by atoms with Crippen LogP contribution in [0.5, 0.6) is 0 Å². The van der Waals surface area contributed by atoms with Crippen molar-refractivity contribution in [3.05, 3.63) is 53.7 Å². The molecule has 0 saturated heterocycles. The van der Waals surface area contributed by atoms with E-state index in [1.807, 2.05) is 29.9 Å². The van der Waals surface area contributed by atoms with E-state index in [1.165, 1.54) is 24.1 Å². The number of halogens is 2. The smallest absolute Gasteiger partial charge is 0.304 e. The summed E-state index contributed by atoms with van der Waals surface area (Å²) in [6, 6.07) is 7.90. The maximum absolute atomic E-state index is 15.3. The molecule has 3 heterocycles. The van der Waals surface area contributed by atoms with E-state index in [1.54, 1.807) is 12.3 Å². The SMILES string of the molecule is CN(C(=O)C(CC(=O)O)CC1CCCC1)c1nc(-c2cc(F)ccc2-c2cnc3c(ccn3C)c2)c(F)s1. The number of aliphatic carboxylic acids is 1. The fraction of sp³-hybridized carbons (Fsp3) is 0.357. The Bertz CT molecular complexity index is 1510. The molecule has 7 nitrogen and oxygen atoms in total. The van der Waals surface area contributed by atoms with Gasteiger partial charge in [0, 0.05) is 48.9 Å². The summed E-state index contributed by atoms with van der Waals surface area (Å²) in [7, 11) is 3.37. The average molecular weight is 539 g/mol. The number of amides is 1. The number of carbonyl (C=O) groups excluding carboxylic acids is 1. The number of thiazole rings is 1. The Morgan fingerprint density at radius 1 is 1.18 bits per heavy atom. The third-order valence-electron chi connectivity index (χ3n) is 7.31. The Hall–Kier alpha value is -3.66. The van der Waals surface area contributed by atoms with Crippen LogP contribution in [0.25, 0.3) is 33.4 Å². The molecule has 1 aliphatic rings. The highest BCUT2D eigenvalue weighted by Crippen LogP contribution is 2.39. The molecule has 198 valence electrons. The van der Waals surface area contributed by atoms with Crippen molar-refractivity contribution in [2.45, 2.75) is 38.5 Å². The van der Waals surface area contributed by atoms with Gasteiger partial charge in [-0.25, -0.2) is 14.4 Å². The largest absolute Gasteiger partial charge is 0.481 e. The van der Waals surface area contributed by atoms with Crippen LogP contribution in [-0.4, -0.2) is 38.6 Å². The van der Waals surface area contributed by atoms with Gasteiger partial charge in [0.05, 0.1) is 6.42 Å². The normalized spacial score (nSPS) is 14.7. The lowest BCUT2D eigenvalue weighted by molar-refractivity contribution is -0.140. The van der Waals surface area contributed by atoms with Crippen molar-refractivity contribution >= 4 is 39.4 Å². The van der Waals surface area contributed by atoms with Crippen LogP contribution < -0.4 is 4.90 Å². The molecule has 4 aromatic rings. The maximum Gasteiger partial charge on any atom is 0.304 e. The molecule has 38 heavy (non-hydrogen) atoms. The first-order valence-electron chi connectivity index (χ1n) is 12.6. The fourth-order valence-corrected chi connectivity index (χ4v) is 6.14. The molecule has 0 aliphatic heterocycles. The second-order valence-electron chi connectivity index (χ2n) is 9.95. The first kappa shape index (κ1) is 26.0. The standard InChI is InChI=1S/C28H28F2N4O3S/c1-33-10-9-17-12-19(15-31-26(17)33)21-8-7-20(29)14-22(21)24-25(30)38-28(32-24)34(2)27(37)18(13-23(35)36)11-16-5-3-4-6-16/h7-10,12,14-16,18H,3-6,11,13H2,1-2H3,(H,35,36). The van der Waals surface area contributed by atoms with E-state index in [2.05, 4.69) is 9.97 Å². The Kier molecular flexibility index (Phi) is 7.25. The van der Waals surface area contributed by atoms with E-state index in [0.717, 1.165) is 36.7 Å². The minimum absolute atomic E-state index is 0.0714. The van der Waals surface area contributed by atoms with Crippen molar-refractivity contribution in [3.63, 3.8) is 0 Å². The lowest BCUT2D eigenvalue weighted by Gasteiger charge is -2.23. The zero-order chi connectivity index (χ0) is 27.0. The predicted octanol–water partition coefficient (Wildman–Crippen LogP) is 6.28. The van der Waals surface area contributed by atoms with Gasteiger partial charge < -0.3 is 9.67 Å². The van der Waals surface area contributed by atoms with Crippen molar-refractivity contribution < 1.29 is 23.5 Å². The third-order valence-corrected chi connectivity index (χ3v) is 8.23. The number of hydrogen-bond donors (Lipinski definition) is 1. The van der Waals surface area contributed by atoms with Crippen LogP contribution in [0.1, 0.15) is 38.5 Å². The Labute approximate surface area is 222 Å². The molecule has 0 radical (unpaired) electrons. The average Bonchev–Trinajstić information content (AvgIpc) is 3.63. The van der Waals surface area contributed by atoms with Crippen molar-refractivity contribution in [2.75, 3.05) is 11.9 Å². The van der Waals surface area contributed by atoms with Crippen molar-refractivity contribution in [1.82, 2.24) is 14.5 Å². The summed E-state index contributed by atoms with van der Waals surface area (Å²) in [4.78, 5) is 34.9. The minimum atomic E-state index is -1.05. The van der Waals surface area contributed by atoms with Crippen LogP contribution in [-0.2, 0) is 16.6 Å². The third kappa shape index (κ3) is 5.18. The van der Waals surface area contributed by atoms with Gasteiger partial charge in [0.2, 0.25) is 11.0 Å². The molecule has 1 aliphatic carbocycles. The summed E-state index contributed by atoms with van der Waals surface area (Å²) in [5.74, 6) is -2.41. The molecule has 0 bridgehead atoms. The molecule has 1 fully saturated rings. The Morgan fingerprint density at radius 2 is 1.95 bits per heavy atom. The number of benzene rings is 1. The number of carbonyl (C=O) groups is 2. The van der Waals surface area contributed by atoms with E-state index < -0.39 is 28.7 Å². The number of hydrogen-bond acceptors (Lipinski definition) is 5. The number of carboxylic acids is 1. The Balaban J connectivity index is 1.48. The molecule has 1 atom stereocenters. The number of rotatable bonds is 8. The highest BCUT2D eigenvalue weighted by atomic mass is 32.1. The van der Waals surface area contributed by atoms with Crippen LogP contribution in [0.4, 0.5) is 13.9 Å². The zero-order valence-electron chi connectivity index (χ0n) is 21.2. The molecule has 1 aromatic carbocycles. The van der Waals surface area contributed by atoms with Crippen LogP contribution in [0.2, 0.25) is 0 Å². The Morgan fingerprint density at radius 3 is 2.68 bits per heavy atom. The summed E-state index contributed by atoms with van der Waals surface area (Å²) in [5.41, 5.74) is 2.19. The van der Waals surface area contributed by atoms with Crippen molar-refractivity contribution in [2.24, 2.45) is 18.9 Å². The molecule has 1 N–H and O–H groups in total. The molecule has 1 amide bonds. The summed E-state index contributed by atoms with van der Waals surface area (Å²) in [6.45, 7) is 0. The maximum atomic E-state index is 15.3. The van der Waals surface area contributed by atoms with Crippen LogP contribution in [0.3, 0.4) is 0 Å². The van der Waals surface area contributed by atoms with E-state index in [-0.39, 0.29) is 22.8 Å². The van der Waals surface area contributed by atoms with Gasteiger partial charge in [-0.15, -0.1) is 0 Å². The van der Waals surface area contributed by atoms with E-state index >= 15 is 4.39 Å². The number of nitrogens with zero attached hydrogens (tertiary/aromatic N) is 4. The molecule has 1 unspecified atom stereocenters. The molecule has 3 aromatic heterocycles. The highest BCUT2D eigenvalue weighted by Gasteiger charge is 2.31. The molecule has 10 heteroatoms. The molecular formula is C28H28F2N4O3S. The van der Waals surface area contributed by atoms with Gasteiger partial charge in [-0.1, -0.05) is 43.1 Å². The van der Waals surface area contributed by atoms with Crippen molar-refractivity contribution in [1.29, 1.82) is 0 Å². The van der Waals surface area contributed by atoms with Crippen LogP contribution >= 0.6 is 11.3 Å². The molecular weight excluding hydrogens is 510 g/mol. The topological polar surface area (TPSA) is 88.3 Å². The molecule has 1 saturated carbocycles. The number of anilines is 1. The van der Waals surface area contributed by atoms with Gasteiger partial charge in [0.25, 0.3) is 0 Å². The van der Waals surface area contributed by atoms with Gasteiger partial charge in [0.1, 0.15) is 17.2 Å². The van der Waals surface area contributed by atoms with Crippen LogP contribution in [0, 0.1) is 22.8 Å². The first-order valence-corrected chi connectivity index (χ1v) is 13.4. The van der Waals surface area contributed by atoms with Gasteiger partial charge in [0.15, 0.2) is 5.13 Å². The minimum Gasteiger partial charge on any atom is -0.481 e. The molecule has 5 rings (SSSR count). The summed E-state index contributed by atoms with van der Waals surface area (Å²) < 4.78 is 31.6. The second kappa shape index (κ2) is 10.6. The summed E-state index contributed by atoms with van der Waals surface area (Å²) in [6.07, 6.45) is 7.86. The van der Waals surface area contributed by atoms with Crippen molar-refractivity contribution in [3.8, 4) is 22.4 Å². The predicted molar refractivity (Wildman–Crippen MR) is 143 cm³/mol. The van der Waals surface area contributed by atoms with E-state index in [4.69, 9.17) is 0 Å². The van der Waals surface area contributed by atoms with Gasteiger partial charge >= 0.3 is 5.97 Å². The highest BCUT2D eigenvalue weighted by molar-refractivity contribution is 7.14. The summed E-state index contributed by atoms with van der Waals surface area (Å²) in [5, 5.41) is 9.72. The monoisotopic (exact) mass is 538 g/mol. The van der Waals surface area contributed by atoms with Gasteiger partial charge in [-0.3, -0.25) is 14.5 Å². The lowest BCUT2D eigenvalue weighted by atomic mass is 9.90. The molecule has 0 spiro atoms. The second-order valence-corrected chi connectivity index (χ2v) is 10.9. The van der Waals surface area contributed by atoms with Gasteiger partial charge in [-0.05, 0) is 42.2 Å². The lowest BCUT2D eigenvalue weighted by Crippen LogP contribution is -2.35. The number of pyridine rings is 1. The zero-order valence-corrected chi connectivity index (χ0v) is 22.0. The van der Waals surface area contributed by atoms with E-state index in [0.29, 0.717) is 34.8 Å². The number of carboxylic acid groups (broad SMARTS) is 1. The number of aryl methyl sites for hydroxylation is 1.